The molecule has 0 aliphatic carbocycles. The summed E-state index contributed by atoms with van der Waals surface area (Å²) in [5, 5.41) is 10.5. The van der Waals surface area contributed by atoms with Crippen LogP contribution in [0.2, 0.25) is 0 Å². The zero-order valence-corrected chi connectivity index (χ0v) is 22.0. The highest BCUT2D eigenvalue weighted by Crippen LogP contribution is 2.36. The van der Waals surface area contributed by atoms with E-state index in [1.165, 1.54) is 11.7 Å². The van der Waals surface area contributed by atoms with E-state index in [9.17, 15) is 14.7 Å². The number of phenolic OH excluding ortho intramolecular Hbond substituents is 1. The number of benzene rings is 2. The van der Waals surface area contributed by atoms with Crippen molar-refractivity contribution in [3.63, 3.8) is 0 Å². The molecule has 1 aliphatic rings. The first-order valence-corrected chi connectivity index (χ1v) is 12.5. The minimum atomic E-state index is -0.804. The lowest BCUT2D eigenvalue weighted by Gasteiger charge is -2.25. The fourth-order valence-corrected chi connectivity index (χ4v) is 5.24. The van der Waals surface area contributed by atoms with Crippen LogP contribution >= 0.6 is 11.3 Å². The Labute approximate surface area is 217 Å². The molecule has 0 fully saturated rings. The molecule has 10 heteroatoms. The Hall–Kier alpha value is -4.05. The van der Waals surface area contributed by atoms with Gasteiger partial charge in [-0.25, -0.2) is 9.79 Å². The van der Waals surface area contributed by atoms with Crippen LogP contribution in [-0.4, -0.2) is 43.1 Å². The number of fused-ring (bicyclic) bond motifs is 1. The van der Waals surface area contributed by atoms with Crippen molar-refractivity contribution in [3.05, 3.63) is 78.5 Å². The monoisotopic (exact) mass is 524 g/mol. The average molecular weight is 525 g/mol. The molecular weight excluding hydrogens is 496 g/mol. The van der Waals surface area contributed by atoms with Crippen LogP contribution in [0.25, 0.3) is 6.08 Å². The Morgan fingerprint density at radius 2 is 1.86 bits per heavy atom. The number of phenols is 1. The normalized spacial score (nSPS) is 15.2. The van der Waals surface area contributed by atoms with Crippen LogP contribution in [0.1, 0.15) is 37.9 Å². The SMILES string of the molecule is CCOC(=O)C1=C(C)N=c2s/c(=C\c3cccc(OC)c3O)c(=O)n2[C@H]1c1ccc(OC)c(OCC)c1. The summed E-state index contributed by atoms with van der Waals surface area (Å²) < 4.78 is 23.5. The molecule has 1 aromatic heterocycles. The topological polar surface area (TPSA) is 109 Å². The van der Waals surface area contributed by atoms with Crippen molar-refractivity contribution >= 4 is 23.4 Å². The van der Waals surface area contributed by atoms with Crippen LogP contribution in [0, 0.1) is 0 Å². The van der Waals surface area contributed by atoms with Gasteiger partial charge in [0, 0.05) is 5.56 Å². The Balaban J connectivity index is 1.98. The first kappa shape index (κ1) is 26.0. The highest BCUT2D eigenvalue weighted by molar-refractivity contribution is 7.07. The van der Waals surface area contributed by atoms with Gasteiger partial charge in [0.1, 0.15) is 0 Å². The van der Waals surface area contributed by atoms with E-state index in [0.29, 0.717) is 50.0 Å². The number of aromatic nitrogens is 1. The predicted octanol–water partition coefficient (Wildman–Crippen LogP) is 2.92. The van der Waals surface area contributed by atoms with E-state index in [1.54, 1.807) is 63.4 Å². The number of allylic oxidation sites excluding steroid dienone is 1. The Kier molecular flexibility index (Phi) is 7.68. The number of hydrogen-bond acceptors (Lipinski definition) is 9. The minimum Gasteiger partial charge on any atom is -0.504 e. The molecule has 0 spiro atoms. The fraction of sp³-hybridized carbons (Fsp3) is 0.296. The number of carbonyl (C=O) groups is 1. The van der Waals surface area contributed by atoms with Gasteiger partial charge in [0.05, 0.1) is 49.3 Å². The first-order chi connectivity index (χ1) is 17.8. The summed E-state index contributed by atoms with van der Waals surface area (Å²) in [5.41, 5.74) is 1.41. The lowest BCUT2D eigenvalue weighted by Crippen LogP contribution is -2.40. The molecule has 4 rings (SSSR count). The van der Waals surface area contributed by atoms with E-state index in [1.807, 2.05) is 6.92 Å². The summed E-state index contributed by atoms with van der Waals surface area (Å²) in [5.74, 6) is 0.685. The van der Waals surface area contributed by atoms with Crippen molar-refractivity contribution in [2.24, 2.45) is 4.99 Å². The molecule has 0 saturated heterocycles. The van der Waals surface area contributed by atoms with E-state index in [-0.39, 0.29) is 23.5 Å². The van der Waals surface area contributed by atoms with Crippen LogP contribution in [0.4, 0.5) is 0 Å². The largest absolute Gasteiger partial charge is 0.504 e. The van der Waals surface area contributed by atoms with E-state index >= 15 is 0 Å². The van der Waals surface area contributed by atoms with Crippen molar-refractivity contribution in [2.75, 3.05) is 27.4 Å². The molecule has 0 unspecified atom stereocenters. The summed E-state index contributed by atoms with van der Waals surface area (Å²) in [6, 6.07) is 9.51. The van der Waals surface area contributed by atoms with Crippen molar-refractivity contribution in [1.82, 2.24) is 4.57 Å². The van der Waals surface area contributed by atoms with E-state index < -0.39 is 12.0 Å². The average Bonchev–Trinajstić information content (AvgIpc) is 3.19. The van der Waals surface area contributed by atoms with Gasteiger partial charge in [0.25, 0.3) is 5.56 Å². The number of nitrogens with zero attached hydrogens (tertiary/aromatic N) is 2. The van der Waals surface area contributed by atoms with Crippen molar-refractivity contribution < 1.29 is 28.8 Å². The maximum absolute atomic E-state index is 13.8. The highest BCUT2D eigenvalue weighted by Gasteiger charge is 2.34. The molecule has 1 aliphatic heterocycles. The second kappa shape index (κ2) is 10.9. The third kappa shape index (κ3) is 4.84. The summed E-state index contributed by atoms with van der Waals surface area (Å²) in [6.07, 6.45) is 1.59. The summed E-state index contributed by atoms with van der Waals surface area (Å²) >= 11 is 1.16. The zero-order chi connectivity index (χ0) is 26.7. The van der Waals surface area contributed by atoms with Gasteiger partial charge in [0.2, 0.25) is 0 Å². The number of carbonyl (C=O) groups excluding carboxylic acids is 1. The van der Waals surface area contributed by atoms with Crippen molar-refractivity contribution in [3.8, 4) is 23.0 Å². The second-order valence-corrected chi connectivity index (χ2v) is 9.05. The molecule has 0 saturated carbocycles. The molecule has 1 N–H and O–H groups in total. The minimum absolute atomic E-state index is 0.0766. The summed E-state index contributed by atoms with van der Waals surface area (Å²) in [7, 11) is 3.00. The van der Waals surface area contributed by atoms with E-state index in [0.717, 1.165) is 11.3 Å². The van der Waals surface area contributed by atoms with Gasteiger partial charge >= 0.3 is 5.97 Å². The molecule has 194 valence electrons. The molecule has 9 nitrogen and oxygen atoms in total. The number of ether oxygens (including phenoxy) is 4. The maximum atomic E-state index is 13.8. The summed E-state index contributed by atoms with van der Waals surface area (Å²) in [6.45, 7) is 5.88. The number of aromatic hydroxyl groups is 1. The van der Waals surface area contributed by atoms with Gasteiger partial charge in [0.15, 0.2) is 27.8 Å². The number of para-hydroxylation sites is 1. The van der Waals surface area contributed by atoms with Gasteiger partial charge in [-0.3, -0.25) is 9.36 Å². The van der Waals surface area contributed by atoms with Gasteiger partial charge in [-0.1, -0.05) is 29.5 Å². The molecule has 2 heterocycles. The number of rotatable bonds is 8. The number of esters is 1. The number of methoxy groups -OCH3 is 2. The van der Waals surface area contributed by atoms with Crippen molar-refractivity contribution in [1.29, 1.82) is 0 Å². The van der Waals surface area contributed by atoms with Gasteiger partial charge in [-0.2, -0.15) is 0 Å². The zero-order valence-electron chi connectivity index (χ0n) is 21.2. The van der Waals surface area contributed by atoms with Crippen LogP contribution in [0.3, 0.4) is 0 Å². The number of hydrogen-bond donors (Lipinski definition) is 1. The highest BCUT2D eigenvalue weighted by atomic mass is 32.1. The van der Waals surface area contributed by atoms with Gasteiger partial charge in [-0.05, 0) is 50.6 Å². The standard InChI is InChI=1S/C27H28N2O7S/c1-6-35-20-13-16(11-12-18(20)33-4)23-22(26(32)36-7-2)15(3)28-27-29(23)25(31)21(37-27)14-17-9-8-10-19(34-5)24(17)30/h8-14,23,30H,6-7H2,1-5H3/b21-14-/t23-/m0/s1. The van der Waals surface area contributed by atoms with E-state index in [4.69, 9.17) is 18.9 Å². The molecule has 0 bridgehead atoms. The summed E-state index contributed by atoms with van der Waals surface area (Å²) in [4.78, 5) is 31.9. The fourth-order valence-electron chi connectivity index (χ4n) is 4.20. The number of thiazole rings is 1. The lowest BCUT2D eigenvalue weighted by atomic mass is 9.95. The predicted molar refractivity (Wildman–Crippen MR) is 139 cm³/mol. The van der Waals surface area contributed by atoms with Gasteiger partial charge < -0.3 is 24.1 Å². The lowest BCUT2D eigenvalue weighted by molar-refractivity contribution is -0.139. The van der Waals surface area contributed by atoms with Crippen LogP contribution in [-0.2, 0) is 9.53 Å². The van der Waals surface area contributed by atoms with Gasteiger partial charge in [-0.15, -0.1) is 0 Å². The third-order valence-electron chi connectivity index (χ3n) is 5.86. The first-order valence-electron chi connectivity index (χ1n) is 11.7. The van der Waals surface area contributed by atoms with Crippen LogP contribution in [0.5, 0.6) is 23.0 Å². The Bertz CT molecular complexity index is 1550. The Morgan fingerprint density at radius 1 is 1.11 bits per heavy atom. The molecule has 0 radical (unpaired) electrons. The molecule has 1 atom stereocenters. The molecule has 3 aromatic rings. The second-order valence-electron chi connectivity index (χ2n) is 8.04. The molecule has 2 aromatic carbocycles. The van der Waals surface area contributed by atoms with Crippen LogP contribution in [0.15, 0.2) is 57.5 Å². The van der Waals surface area contributed by atoms with Crippen LogP contribution < -0.4 is 29.1 Å². The quantitative estimate of drug-likeness (QED) is 0.452. The molecular formula is C27H28N2O7S. The maximum Gasteiger partial charge on any atom is 0.338 e. The third-order valence-corrected chi connectivity index (χ3v) is 6.84. The van der Waals surface area contributed by atoms with Crippen molar-refractivity contribution in [2.45, 2.75) is 26.8 Å². The Morgan fingerprint density at radius 3 is 2.54 bits per heavy atom. The van der Waals surface area contributed by atoms with E-state index in [2.05, 4.69) is 4.99 Å². The molecule has 37 heavy (non-hydrogen) atoms. The smallest absolute Gasteiger partial charge is 0.338 e. The molecule has 0 amide bonds.